The number of amides is 1. The number of hydrogen-bond acceptors (Lipinski definition) is 3. The predicted molar refractivity (Wildman–Crippen MR) is 86.6 cm³/mol. The lowest BCUT2D eigenvalue weighted by atomic mass is 9.87. The second kappa shape index (κ2) is 7.61. The standard InChI is InChI=1S/C15H20ClNO3S/c1-15(2,3)9-10(8-14(19)20)17-13(18)7-5-11-4-6-12(16)21-11/h4-7,10H,8-9H2,1-3H3,(H,17,18)(H,19,20)/b7-5+. The minimum Gasteiger partial charge on any atom is -0.481 e. The van der Waals surface area contributed by atoms with Crippen molar-refractivity contribution >= 4 is 40.9 Å². The Kier molecular flexibility index (Phi) is 6.42. The molecule has 4 nitrogen and oxygen atoms in total. The SMILES string of the molecule is CC(C)(C)CC(CC(=O)O)NC(=O)/C=C/c1ccc(Cl)s1. The number of carboxylic acid groups (broad SMARTS) is 1. The van der Waals surface area contributed by atoms with Gasteiger partial charge in [0.15, 0.2) is 0 Å². The summed E-state index contributed by atoms with van der Waals surface area (Å²) in [7, 11) is 0. The summed E-state index contributed by atoms with van der Waals surface area (Å²) in [6.07, 6.45) is 3.59. The number of rotatable bonds is 6. The topological polar surface area (TPSA) is 66.4 Å². The van der Waals surface area contributed by atoms with Crippen molar-refractivity contribution in [1.29, 1.82) is 0 Å². The van der Waals surface area contributed by atoms with E-state index in [9.17, 15) is 9.59 Å². The minimum atomic E-state index is -0.918. The van der Waals surface area contributed by atoms with Gasteiger partial charge in [0.05, 0.1) is 10.8 Å². The van der Waals surface area contributed by atoms with Gasteiger partial charge in [0.1, 0.15) is 0 Å². The van der Waals surface area contributed by atoms with E-state index >= 15 is 0 Å². The molecular weight excluding hydrogens is 310 g/mol. The number of carbonyl (C=O) groups excluding carboxylic acids is 1. The molecule has 0 saturated heterocycles. The number of halogens is 1. The first kappa shape index (κ1) is 17.7. The van der Waals surface area contributed by atoms with E-state index in [1.165, 1.54) is 17.4 Å². The first-order chi connectivity index (χ1) is 9.65. The zero-order valence-electron chi connectivity index (χ0n) is 12.4. The average molecular weight is 330 g/mol. The van der Waals surface area contributed by atoms with Gasteiger partial charge in [-0.1, -0.05) is 32.4 Å². The molecule has 0 spiro atoms. The number of hydrogen-bond donors (Lipinski definition) is 2. The molecule has 0 saturated carbocycles. The summed E-state index contributed by atoms with van der Waals surface area (Å²) in [5.41, 5.74) is -0.0572. The summed E-state index contributed by atoms with van der Waals surface area (Å²) >= 11 is 7.18. The molecular formula is C15H20ClNO3S. The molecule has 1 heterocycles. The Hall–Kier alpha value is -1.33. The molecule has 1 atom stereocenters. The lowest BCUT2D eigenvalue weighted by Crippen LogP contribution is -2.38. The molecule has 6 heteroatoms. The highest BCUT2D eigenvalue weighted by molar-refractivity contribution is 7.17. The van der Waals surface area contributed by atoms with Crippen molar-refractivity contribution in [2.45, 2.75) is 39.7 Å². The van der Waals surface area contributed by atoms with Crippen molar-refractivity contribution in [2.24, 2.45) is 5.41 Å². The fourth-order valence-electron chi connectivity index (χ4n) is 1.95. The van der Waals surface area contributed by atoms with Crippen molar-refractivity contribution in [3.05, 3.63) is 27.4 Å². The number of aliphatic carboxylic acids is 1. The molecule has 0 aromatic carbocycles. The number of thiophene rings is 1. The van der Waals surface area contributed by atoms with E-state index in [0.29, 0.717) is 10.8 Å². The van der Waals surface area contributed by atoms with E-state index in [4.69, 9.17) is 16.7 Å². The molecule has 0 radical (unpaired) electrons. The van der Waals surface area contributed by atoms with Crippen LogP contribution in [-0.4, -0.2) is 23.0 Å². The lowest BCUT2D eigenvalue weighted by molar-refractivity contribution is -0.137. The third-order valence-electron chi connectivity index (χ3n) is 2.62. The molecule has 0 aliphatic heterocycles. The average Bonchev–Trinajstić information content (AvgIpc) is 2.69. The first-order valence-electron chi connectivity index (χ1n) is 6.61. The van der Waals surface area contributed by atoms with Gasteiger partial charge in [-0.05, 0) is 30.0 Å². The molecule has 0 aliphatic rings. The van der Waals surface area contributed by atoms with Gasteiger partial charge in [-0.25, -0.2) is 0 Å². The smallest absolute Gasteiger partial charge is 0.305 e. The third kappa shape index (κ3) is 7.87. The molecule has 1 aromatic rings. The van der Waals surface area contributed by atoms with Crippen molar-refractivity contribution in [3.63, 3.8) is 0 Å². The lowest BCUT2D eigenvalue weighted by Gasteiger charge is -2.25. The molecule has 1 amide bonds. The summed E-state index contributed by atoms with van der Waals surface area (Å²) in [6, 6.07) is 3.20. The van der Waals surface area contributed by atoms with Crippen molar-refractivity contribution < 1.29 is 14.7 Å². The minimum absolute atomic E-state index is 0.0572. The maximum Gasteiger partial charge on any atom is 0.305 e. The largest absolute Gasteiger partial charge is 0.481 e. The Morgan fingerprint density at radius 2 is 2.10 bits per heavy atom. The van der Waals surface area contributed by atoms with Crippen molar-refractivity contribution in [2.75, 3.05) is 0 Å². The van der Waals surface area contributed by atoms with Crippen LogP contribution in [0.3, 0.4) is 0 Å². The Bertz CT molecular complexity index is 531. The van der Waals surface area contributed by atoms with Crippen LogP contribution in [0.2, 0.25) is 4.34 Å². The van der Waals surface area contributed by atoms with E-state index < -0.39 is 5.97 Å². The van der Waals surface area contributed by atoms with Gasteiger partial charge in [0.2, 0.25) is 5.91 Å². The Morgan fingerprint density at radius 3 is 2.57 bits per heavy atom. The van der Waals surface area contributed by atoms with Crippen molar-refractivity contribution in [3.8, 4) is 0 Å². The summed E-state index contributed by atoms with van der Waals surface area (Å²) in [4.78, 5) is 23.6. The van der Waals surface area contributed by atoms with Crippen LogP contribution in [0.15, 0.2) is 18.2 Å². The van der Waals surface area contributed by atoms with E-state index in [2.05, 4.69) is 5.32 Å². The molecule has 1 rings (SSSR count). The number of carbonyl (C=O) groups is 2. The molecule has 21 heavy (non-hydrogen) atoms. The molecule has 2 N–H and O–H groups in total. The fourth-order valence-corrected chi connectivity index (χ4v) is 2.91. The zero-order chi connectivity index (χ0) is 16.0. The maximum absolute atomic E-state index is 11.9. The predicted octanol–water partition coefficient (Wildman–Crippen LogP) is 3.81. The highest BCUT2D eigenvalue weighted by atomic mass is 35.5. The van der Waals surface area contributed by atoms with Gasteiger partial charge in [-0.2, -0.15) is 0 Å². The molecule has 1 aromatic heterocycles. The summed E-state index contributed by atoms with van der Waals surface area (Å²) in [6.45, 7) is 6.03. The van der Waals surface area contributed by atoms with E-state index in [1.807, 2.05) is 26.8 Å². The van der Waals surface area contributed by atoms with Crippen LogP contribution in [0.5, 0.6) is 0 Å². The normalized spacial score (nSPS) is 13.3. The van der Waals surface area contributed by atoms with Crippen LogP contribution in [0.1, 0.15) is 38.5 Å². The second-order valence-electron chi connectivity index (χ2n) is 6.04. The van der Waals surface area contributed by atoms with Gasteiger partial charge < -0.3 is 10.4 Å². The maximum atomic E-state index is 11.9. The van der Waals surface area contributed by atoms with Crippen LogP contribution in [0.25, 0.3) is 6.08 Å². The Morgan fingerprint density at radius 1 is 1.43 bits per heavy atom. The molecule has 0 fully saturated rings. The third-order valence-corrected chi connectivity index (χ3v) is 3.82. The van der Waals surface area contributed by atoms with Gasteiger partial charge in [0, 0.05) is 17.0 Å². The monoisotopic (exact) mass is 329 g/mol. The first-order valence-corrected chi connectivity index (χ1v) is 7.81. The highest BCUT2D eigenvalue weighted by Crippen LogP contribution is 2.23. The van der Waals surface area contributed by atoms with Crippen molar-refractivity contribution in [1.82, 2.24) is 5.32 Å². The fraction of sp³-hybridized carbons (Fsp3) is 0.467. The van der Waals surface area contributed by atoms with Gasteiger partial charge in [0.25, 0.3) is 0 Å². The number of carboxylic acids is 1. The molecule has 0 bridgehead atoms. The zero-order valence-corrected chi connectivity index (χ0v) is 13.9. The van der Waals surface area contributed by atoms with Gasteiger partial charge >= 0.3 is 5.97 Å². The van der Waals surface area contributed by atoms with Crippen LogP contribution < -0.4 is 5.32 Å². The van der Waals surface area contributed by atoms with Crippen LogP contribution >= 0.6 is 22.9 Å². The summed E-state index contributed by atoms with van der Waals surface area (Å²) < 4.78 is 0.659. The van der Waals surface area contributed by atoms with Gasteiger partial charge in [-0.3, -0.25) is 9.59 Å². The molecule has 1 unspecified atom stereocenters. The summed E-state index contributed by atoms with van der Waals surface area (Å²) in [5, 5.41) is 11.7. The van der Waals surface area contributed by atoms with E-state index in [-0.39, 0.29) is 23.8 Å². The van der Waals surface area contributed by atoms with Crippen LogP contribution in [0.4, 0.5) is 0 Å². The van der Waals surface area contributed by atoms with E-state index in [1.54, 1.807) is 12.1 Å². The molecule has 116 valence electrons. The van der Waals surface area contributed by atoms with E-state index in [0.717, 1.165) is 4.88 Å². The number of nitrogens with one attached hydrogen (secondary N) is 1. The quantitative estimate of drug-likeness (QED) is 0.780. The Labute approximate surface area is 133 Å². The Balaban J connectivity index is 2.62. The second-order valence-corrected chi connectivity index (χ2v) is 7.79. The van der Waals surface area contributed by atoms with Crippen LogP contribution in [-0.2, 0) is 9.59 Å². The highest BCUT2D eigenvalue weighted by Gasteiger charge is 2.22. The van der Waals surface area contributed by atoms with Crippen LogP contribution in [0, 0.1) is 5.41 Å². The molecule has 0 aliphatic carbocycles. The summed E-state index contributed by atoms with van der Waals surface area (Å²) in [5.74, 6) is -1.21. The van der Waals surface area contributed by atoms with Gasteiger partial charge in [-0.15, -0.1) is 11.3 Å².